The Morgan fingerprint density at radius 1 is 1.03 bits per heavy atom. The van der Waals surface area contributed by atoms with Gasteiger partial charge in [-0.1, -0.05) is 47.5 Å². The number of nitrogens with one attached hydrogen (secondary N) is 2. The second kappa shape index (κ2) is 10.3. The van der Waals surface area contributed by atoms with E-state index in [9.17, 15) is 14.7 Å². The molecule has 37 heavy (non-hydrogen) atoms. The molecule has 0 radical (unpaired) electrons. The minimum Gasteiger partial charge on any atom is -0.507 e. The van der Waals surface area contributed by atoms with Crippen molar-refractivity contribution in [1.29, 1.82) is 0 Å². The van der Waals surface area contributed by atoms with Gasteiger partial charge in [-0.2, -0.15) is 9.78 Å². The fourth-order valence-electron chi connectivity index (χ4n) is 4.11. The average molecular weight is 535 g/mol. The van der Waals surface area contributed by atoms with Crippen LogP contribution in [0, 0.1) is 6.92 Å². The van der Waals surface area contributed by atoms with E-state index in [2.05, 4.69) is 15.7 Å². The highest BCUT2D eigenvalue weighted by Crippen LogP contribution is 2.42. The van der Waals surface area contributed by atoms with Crippen LogP contribution in [0.1, 0.15) is 45.9 Å². The van der Waals surface area contributed by atoms with Gasteiger partial charge in [0.05, 0.1) is 21.4 Å². The summed E-state index contributed by atoms with van der Waals surface area (Å²) in [5.41, 5.74) is 4.37. The number of nitrogens with zero attached hydrogens (tertiary/aromatic N) is 2. The molecule has 1 aliphatic carbocycles. The Bertz CT molecular complexity index is 1510. The van der Waals surface area contributed by atoms with E-state index in [4.69, 9.17) is 23.2 Å². The van der Waals surface area contributed by atoms with E-state index in [1.165, 1.54) is 10.7 Å². The van der Waals surface area contributed by atoms with Gasteiger partial charge in [0.25, 0.3) is 5.91 Å². The summed E-state index contributed by atoms with van der Waals surface area (Å²) in [5, 5.41) is 21.7. The van der Waals surface area contributed by atoms with Gasteiger partial charge in [0, 0.05) is 29.3 Å². The normalized spacial score (nSPS) is 12.8. The number of hydrogen-bond donors (Lipinski definition) is 3. The zero-order chi connectivity index (χ0) is 26.1. The van der Waals surface area contributed by atoms with Gasteiger partial charge in [0.15, 0.2) is 0 Å². The second-order valence-electron chi connectivity index (χ2n) is 9.05. The predicted octanol–water partition coefficient (Wildman–Crippen LogP) is 6.76. The van der Waals surface area contributed by atoms with Crippen molar-refractivity contribution in [2.45, 2.75) is 32.2 Å². The lowest BCUT2D eigenvalue weighted by molar-refractivity contribution is 0.102. The number of carbonyl (C=O) groups is 2. The SMILES string of the molecule is Cc1ccccc1C(=O)Nc1ccc(O)c(-c2cc(C3CC3)n(C(=O)NCc3ccc(Cl)c(Cl)c3)n2)c1. The van der Waals surface area contributed by atoms with Crippen molar-refractivity contribution in [1.82, 2.24) is 15.1 Å². The minimum atomic E-state index is -0.386. The quantitative estimate of drug-likeness (QED) is 0.238. The first-order valence-corrected chi connectivity index (χ1v) is 12.6. The molecule has 0 atom stereocenters. The summed E-state index contributed by atoms with van der Waals surface area (Å²) >= 11 is 12.1. The van der Waals surface area contributed by atoms with E-state index in [0.29, 0.717) is 32.6 Å². The van der Waals surface area contributed by atoms with E-state index < -0.39 is 0 Å². The summed E-state index contributed by atoms with van der Waals surface area (Å²) < 4.78 is 1.35. The zero-order valence-corrected chi connectivity index (χ0v) is 21.5. The molecule has 1 aliphatic rings. The Morgan fingerprint density at radius 3 is 2.54 bits per heavy atom. The summed E-state index contributed by atoms with van der Waals surface area (Å²) in [4.78, 5) is 25.8. The molecule has 188 valence electrons. The maximum atomic E-state index is 13.1. The Labute approximate surface area is 224 Å². The third-order valence-electron chi connectivity index (χ3n) is 6.27. The van der Waals surface area contributed by atoms with Crippen LogP contribution in [0.15, 0.2) is 66.7 Å². The lowest BCUT2D eigenvalue weighted by Gasteiger charge is -2.10. The standard InChI is InChI=1S/C28H24Cl2N4O3/c1-16-4-2-3-5-20(16)27(36)32-19-9-11-26(35)21(13-19)24-14-25(18-7-8-18)34(33-24)28(37)31-15-17-6-10-22(29)23(30)12-17/h2-6,9-14,18,35H,7-8,15H2,1H3,(H,31,37)(H,32,36). The molecule has 0 spiro atoms. The fourth-order valence-corrected chi connectivity index (χ4v) is 4.43. The minimum absolute atomic E-state index is 0.00268. The van der Waals surface area contributed by atoms with Crippen molar-refractivity contribution in [3.8, 4) is 17.0 Å². The highest BCUT2D eigenvalue weighted by molar-refractivity contribution is 6.42. The molecule has 3 N–H and O–H groups in total. The van der Waals surface area contributed by atoms with E-state index in [1.54, 1.807) is 36.4 Å². The van der Waals surface area contributed by atoms with Gasteiger partial charge in [-0.25, -0.2) is 4.79 Å². The number of aryl methyl sites for hydroxylation is 1. The van der Waals surface area contributed by atoms with Crippen molar-refractivity contribution < 1.29 is 14.7 Å². The molecule has 4 aromatic rings. The monoisotopic (exact) mass is 534 g/mol. The summed E-state index contributed by atoms with van der Waals surface area (Å²) in [5.74, 6) is -0.0271. The number of hydrogen-bond acceptors (Lipinski definition) is 4. The molecule has 2 amide bonds. The molecule has 3 aromatic carbocycles. The van der Waals surface area contributed by atoms with E-state index in [0.717, 1.165) is 29.7 Å². The first kappa shape index (κ1) is 24.9. The molecule has 1 saturated carbocycles. The number of rotatable bonds is 6. The van der Waals surface area contributed by atoms with Gasteiger partial charge >= 0.3 is 6.03 Å². The maximum absolute atomic E-state index is 13.1. The van der Waals surface area contributed by atoms with Crippen molar-refractivity contribution in [3.05, 3.63) is 99.2 Å². The largest absolute Gasteiger partial charge is 0.507 e. The van der Waals surface area contributed by atoms with Gasteiger partial charge in [0.1, 0.15) is 5.75 Å². The lowest BCUT2D eigenvalue weighted by atomic mass is 10.1. The van der Waals surface area contributed by atoms with Gasteiger partial charge in [-0.15, -0.1) is 0 Å². The molecule has 0 bridgehead atoms. The number of aromatic hydroxyl groups is 1. The number of phenols is 1. The van der Waals surface area contributed by atoms with E-state index >= 15 is 0 Å². The highest BCUT2D eigenvalue weighted by Gasteiger charge is 2.31. The molecule has 0 unspecified atom stereocenters. The lowest BCUT2D eigenvalue weighted by Crippen LogP contribution is -2.30. The Balaban J connectivity index is 1.39. The molecular weight excluding hydrogens is 511 g/mol. The predicted molar refractivity (Wildman–Crippen MR) is 145 cm³/mol. The summed E-state index contributed by atoms with van der Waals surface area (Å²) in [7, 11) is 0. The smallest absolute Gasteiger partial charge is 0.342 e. The van der Waals surface area contributed by atoms with Gasteiger partial charge in [-0.3, -0.25) is 4.79 Å². The van der Waals surface area contributed by atoms with Crippen LogP contribution >= 0.6 is 23.2 Å². The first-order chi connectivity index (χ1) is 17.8. The molecule has 9 heteroatoms. The maximum Gasteiger partial charge on any atom is 0.342 e. The molecule has 7 nitrogen and oxygen atoms in total. The topological polar surface area (TPSA) is 96.2 Å². The van der Waals surface area contributed by atoms with Crippen LogP contribution < -0.4 is 10.6 Å². The van der Waals surface area contributed by atoms with Crippen LogP contribution in [0.4, 0.5) is 10.5 Å². The van der Waals surface area contributed by atoms with Gasteiger partial charge in [-0.05, 0) is 73.4 Å². The third kappa shape index (κ3) is 5.48. The Kier molecular flexibility index (Phi) is 6.91. The van der Waals surface area contributed by atoms with Gasteiger partial charge < -0.3 is 15.7 Å². The van der Waals surface area contributed by atoms with Crippen LogP contribution in [0.5, 0.6) is 5.75 Å². The number of aromatic nitrogens is 2. The number of benzene rings is 3. The number of anilines is 1. The summed E-state index contributed by atoms with van der Waals surface area (Å²) in [6, 6.07) is 18.7. The van der Waals surface area contributed by atoms with Crippen molar-refractivity contribution in [3.63, 3.8) is 0 Å². The van der Waals surface area contributed by atoms with Crippen molar-refractivity contribution in [2.24, 2.45) is 0 Å². The third-order valence-corrected chi connectivity index (χ3v) is 7.01. The molecule has 1 aromatic heterocycles. The van der Waals surface area contributed by atoms with E-state index in [1.807, 2.05) is 31.2 Å². The zero-order valence-electron chi connectivity index (χ0n) is 20.0. The highest BCUT2D eigenvalue weighted by atomic mass is 35.5. The van der Waals surface area contributed by atoms with Crippen LogP contribution in [0.3, 0.4) is 0 Å². The van der Waals surface area contributed by atoms with Crippen molar-refractivity contribution >= 4 is 40.8 Å². The number of carbonyl (C=O) groups excluding carboxylic acids is 2. The van der Waals surface area contributed by atoms with Crippen LogP contribution in [0.25, 0.3) is 11.3 Å². The molecule has 5 rings (SSSR count). The molecule has 1 heterocycles. The molecule has 1 fully saturated rings. The number of halogens is 2. The Hall–Kier alpha value is -3.81. The molecule has 0 saturated heterocycles. The van der Waals surface area contributed by atoms with E-state index in [-0.39, 0.29) is 30.2 Å². The fraction of sp³-hybridized carbons (Fsp3) is 0.179. The second-order valence-corrected chi connectivity index (χ2v) is 9.86. The first-order valence-electron chi connectivity index (χ1n) is 11.8. The van der Waals surface area contributed by atoms with Crippen LogP contribution in [0.2, 0.25) is 10.0 Å². The molecule has 0 aliphatic heterocycles. The Morgan fingerprint density at radius 2 is 1.81 bits per heavy atom. The van der Waals surface area contributed by atoms with Crippen LogP contribution in [-0.4, -0.2) is 26.8 Å². The number of amides is 2. The average Bonchev–Trinajstić information content (AvgIpc) is 3.64. The van der Waals surface area contributed by atoms with Crippen LogP contribution in [-0.2, 0) is 6.54 Å². The van der Waals surface area contributed by atoms with Gasteiger partial charge in [0.2, 0.25) is 0 Å². The summed E-state index contributed by atoms with van der Waals surface area (Å²) in [6.07, 6.45) is 1.92. The number of phenolic OH excluding ortho intramolecular Hbond substituents is 1. The van der Waals surface area contributed by atoms with Crippen molar-refractivity contribution in [2.75, 3.05) is 5.32 Å². The molecular formula is C28H24Cl2N4O3. The summed E-state index contributed by atoms with van der Waals surface area (Å²) in [6.45, 7) is 2.12.